The monoisotopic (exact) mass is 1170 g/mol. The molecule has 4 saturated carbocycles. The summed E-state index contributed by atoms with van der Waals surface area (Å²) in [6.07, 6.45) is -11.9. The number of carboxylic acid groups (broad SMARTS) is 1. The quantitative estimate of drug-likeness (QED) is 0.0283. The van der Waals surface area contributed by atoms with Crippen LogP contribution in [0.3, 0.4) is 0 Å². The van der Waals surface area contributed by atoms with Crippen molar-refractivity contribution in [2.24, 2.45) is 56.7 Å². The predicted molar refractivity (Wildman–Crippen MR) is 296 cm³/mol. The van der Waals surface area contributed by atoms with E-state index in [4.69, 9.17) is 42.6 Å². The molecule has 0 aromatic carbocycles. The van der Waals surface area contributed by atoms with Gasteiger partial charge in [-0.1, -0.05) is 66.2 Å². The fraction of sp³-hybridized carbons (Fsp3) is 0.902. The molecule has 21 heteroatoms. The number of methoxy groups -OCH3 is 1. The maximum atomic E-state index is 12.8. The van der Waals surface area contributed by atoms with E-state index in [-0.39, 0.29) is 71.8 Å². The zero-order valence-electron chi connectivity index (χ0n) is 50.8. The SMILES string of the molecule is C/C=C(/C)C(=O)OC(C(C)O)C(OC)C(O)COC1C(C)CC2C3=CCC4C5(C)CCC(OC(OC(C)C(=O)O)C(OC6OC(CO)C(O)C(O)C6O)C(OC6CCC(CO)O6)C(C)O)C(C)(C)C5CCC4(C)[C@]3(C)CCC2(CO)C1C. The number of carbonyl (C=O) groups excluding carboxylic acids is 1. The van der Waals surface area contributed by atoms with Crippen LogP contribution in [0.1, 0.15) is 147 Å². The average molecular weight is 1170 g/mol. The van der Waals surface area contributed by atoms with Crippen molar-refractivity contribution < 1.29 is 103 Å². The van der Waals surface area contributed by atoms with Gasteiger partial charge in [-0.05, 0) is 144 Å². The molecule has 27 atom stereocenters. The Labute approximate surface area is 485 Å². The molecule has 26 unspecified atom stereocenters. The van der Waals surface area contributed by atoms with Gasteiger partial charge in [-0.2, -0.15) is 0 Å². The summed E-state index contributed by atoms with van der Waals surface area (Å²) < 4.78 is 55.9. The lowest BCUT2D eigenvalue weighted by Gasteiger charge is -2.72. The van der Waals surface area contributed by atoms with Gasteiger partial charge in [0.25, 0.3) is 0 Å². The number of ether oxygens (including phenoxy) is 9. The van der Waals surface area contributed by atoms with E-state index >= 15 is 0 Å². The van der Waals surface area contributed by atoms with E-state index < -0.39 is 134 Å². The normalized spacial score (nSPS) is 42.6. The number of aliphatic hydroxyl groups is 9. The Hall–Kier alpha value is -2.26. The second kappa shape index (κ2) is 26.6. The number of fused-ring (bicyclic) bond motifs is 7. The molecule has 0 amide bonds. The summed E-state index contributed by atoms with van der Waals surface area (Å²) in [5.74, 6) is -1.60. The number of rotatable bonds is 24. The molecular formula is C61H102O21. The maximum absolute atomic E-state index is 12.8. The highest BCUT2D eigenvalue weighted by Gasteiger charge is 2.70. The number of allylic oxidation sites excluding steroid dienone is 3. The molecule has 10 N–H and O–H groups in total. The molecule has 0 spiro atoms. The highest BCUT2D eigenvalue weighted by Crippen LogP contribution is 2.76. The van der Waals surface area contributed by atoms with E-state index in [0.29, 0.717) is 24.8 Å². The molecule has 21 nitrogen and oxygen atoms in total. The topological polar surface area (TPSA) is 320 Å². The van der Waals surface area contributed by atoms with Crippen LogP contribution >= 0.6 is 0 Å². The van der Waals surface area contributed by atoms with Gasteiger partial charge in [0.15, 0.2) is 31.1 Å². The number of carboxylic acids is 1. The number of aliphatic carboxylic acids is 1. The Morgan fingerprint density at radius 1 is 0.793 bits per heavy atom. The summed E-state index contributed by atoms with van der Waals surface area (Å²) in [6.45, 7) is 22.4. The average Bonchev–Trinajstić information content (AvgIpc) is 0.778. The number of esters is 1. The Bertz CT molecular complexity index is 2210. The van der Waals surface area contributed by atoms with Gasteiger partial charge < -0.3 is 93.7 Å². The van der Waals surface area contributed by atoms with Crippen molar-refractivity contribution in [3.8, 4) is 0 Å². The van der Waals surface area contributed by atoms with E-state index in [9.17, 15) is 60.7 Å². The largest absolute Gasteiger partial charge is 0.479 e. The number of hydrogen-bond donors (Lipinski definition) is 10. The third-order valence-electron chi connectivity index (χ3n) is 22.2. The summed E-state index contributed by atoms with van der Waals surface area (Å²) in [5.41, 5.74) is 0.115. The lowest BCUT2D eigenvalue weighted by atomic mass is 9.33. The predicted octanol–water partition coefficient (Wildman–Crippen LogP) is 3.92. The molecule has 5 aliphatic carbocycles. The van der Waals surface area contributed by atoms with E-state index in [0.717, 1.165) is 44.9 Å². The number of aliphatic hydroxyl groups excluding tert-OH is 9. The van der Waals surface area contributed by atoms with Crippen molar-refractivity contribution >= 4 is 11.9 Å². The third kappa shape index (κ3) is 12.5. The number of carbonyl (C=O) groups is 2. The van der Waals surface area contributed by atoms with Crippen molar-refractivity contribution in [1.82, 2.24) is 0 Å². The van der Waals surface area contributed by atoms with Crippen LogP contribution in [0.4, 0.5) is 0 Å². The van der Waals surface area contributed by atoms with Crippen LogP contribution in [0.25, 0.3) is 0 Å². The summed E-state index contributed by atoms with van der Waals surface area (Å²) >= 11 is 0. The van der Waals surface area contributed by atoms with Gasteiger partial charge in [0, 0.05) is 31.1 Å². The van der Waals surface area contributed by atoms with Crippen LogP contribution in [0.5, 0.6) is 0 Å². The molecule has 2 aliphatic heterocycles. The lowest BCUT2D eigenvalue weighted by molar-refractivity contribution is -0.363. The zero-order valence-corrected chi connectivity index (χ0v) is 50.8. The smallest absolute Gasteiger partial charge is 0.333 e. The fourth-order valence-corrected chi connectivity index (χ4v) is 16.9. The molecule has 2 saturated heterocycles. The second-order valence-electron chi connectivity index (χ2n) is 26.9. The molecule has 6 fully saturated rings. The van der Waals surface area contributed by atoms with Crippen molar-refractivity contribution in [2.45, 2.75) is 258 Å². The van der Waals surface area contributed by atoms with E-state index in [1.807, 2.05) is 0 Å². The van der Waals surface area contributed by atoms with Crippen molar-refractivity contribution in [3.63, 3.8) is 0 Å². The van der Waals surface area contributed by atoms with Crippen LogP contribution in [-0.2, 0) is 52.2 Å². The maximum Gasteiger partial charge on any atom is 0.333 e. The summed E-state index contributed by atoms with van der Waals surface area (Å²) in [5, 5.41) is 108. The first-order chi connectivity index (χ1) is 38.5. The first-order valence-electron chi connectivity index (χ1n) is 30.2. The minimum atomic E-state index is -1.88. The molecule has 7 rings (SSSR count). The molecule has 7 aliphatic rings. The third-order valence-corrected chi connectivity index (χ3v) is 22.2. The van der Waals surface area contributed by atoms with Gasteiger partial charge in [0.1, 0.15) is 48.8 Å². The van der Waals surface area contributed by atoms with Gasteiger partial charge in [-0.3, -0.25) is 0 Å². The highest BCUT2D eigenvalue weighted by molar-refractivity contribution is 5.87. The zero-order chi connectivity index (χ0) is 60.8. The number of hydrogen-bond acceptors (Lipinski definition) is 20. The van der Waals surface area contributed by atoms with Gasteiger partial charge in [-0.15, -0.1) is 0 Å². The molecule has 0 radical (unpaired) electrons. The molecular weight excluding hydrogens is 1070 g/mol. The second-order valence-corrected chi connectivity index (χ2v) is 26.9. The minimum Gasteiger partial charge on any atom is -0.479 e. The van der Waals surface area contributed by atoms with Crippen LogP contribution in [0.15, 0.2) is 23.3 Å². The summed E-state index contributed by atoms with van der Waals surface area (Å²) in [4.78, 5) is 25.4. The van der Waals surface area contributed by atoms with Crippen molar-refractivity contribution in [1.29, 1.82) is 0 Å². The van der Waals surface area contributed by atoms with Crippen LogP contribution in [0.2, 0.25) is 0 Å². The standard InChI is InChI=1S/C61H102O21/c1-14-30(2)54(73)81-49(33(5)65)51(74-13)39(67)28-75-48-31(3)25-38-37-16-17-42-58(10)21-20-43(57(8,9)41(58)19-22-60(42,12)59(37,11)23-24-61(38,29-64)32(48)4)79-56(76-35(7)53(71)72)52(50(34(6)66)80-44-18-15-36(26-62)77-44)82-55-47(70)46(69)45(68)40(27-63)78-55/h14,16,31-36,38-52,55-56,62-70H,15,17-29H2,1-13H3,(H,71,72)/b30-14-/t31?,32?,33?,34?,35?,36?,38?,39?,40?,41?,42?,43?,44?,45?,46?,47?,48?,49?,50?,51?,52?,55?,56?,58?,59-,60?,61?/m1/s1. The van der Waals surface area contributed by atoms with Crippen LogP contribution in [-0.4, -0.2) is 207 Å². The van der Waals surface area contributed by atoms with Gasteiger partial charge in [0.05, 0.1) is 50.3 Å². The lowest BCUT2D eigenvalue weighted by Crippen LogP contribution is -2.66. The Kier molecular flexibility index (Phi) is 21.8. The van der Waals surface area contributed by atoms with Crippen molar-refractivity contribution in [3.05, 3.63) is 23.3 Å². The van der Waals surface area contributed by atoms with Gasteiger partial charge in [-0.25, -0.2) is 9.59 Å². The Morgan fingerprint density at radius 2 is 1.48 bits per heavy atom. The molecule has 0 bridgehead atoms. The highest BCUT2D eigenvalue weighted by atomic mass is 16.8. The molecule has 2 heterocycles. The fourth-order valence-electron chi connectivity index (χ4n) is 16.9. The van der Waals surface area contributed by atoms with E-state index in [1.54, 1.807) is 19.9 Å². The Balaban J connectivity index is 1.14. The van der Waals surface area contributed by atoms with Crippen LogP contribution < -0.4 is 0 Å². The van der Waals surface area contributed by atoms with E-state index in [1.165, 1.54) is 33.5 Å². The Morgan fingerprint density at radius 3 is 2.06 bits per heavy atom. The minimum absolute atomic E-state index is 0.0328. The van der Waals surface area contributed by atoms with Crippen LogP contribution in [0, 0.1) is 56.7 Å². The molecule has 472 valence electrons. The first kappa shape index (κ1) is 67.3. The molecule has 82 heavy (non-hydrogen) atoms. The molecule has 0 aromatic rings. The van der Waals surface area contributed by atoms with Gasteiger partial charge in [0.2, 0.25) is 0 Å². The van der Waals surface area contributed by atoms with E-state index in [2.05, 4.69) is 54.5 Å². The van der Waals surface area contributed by atoms with Crippen molar-refractivity contribution in [2.75, 3.05) is 33.5 Å². The summed E-state index contributed by atoms with van der Waals surface area (Å²) in [7, 11) is 1.39. The summed E-state index contributed by atoms with van der Waals surface area (Å²) in [6, 6.07) is 0. The van der Waals surface area contributed by atoms with Gasteiger partial charge >= 0.3 is 11.9 Å². The first-order valence-corrected chi connectivity index (χ1v) is 30.2. The molecule has 0 aromatic heterocycles.